The summed E-state index contributed by atoms with van der Waals surface area (Å²) in [5.41, 5.74) is 0. The number of rotatable bonds is 43. The Kier molecular flexibility index (Phi) is 42.6. The molecule has 0 aromatic rings. The van der Waals surface area contributed by atoms with Gasteiger partial charge < -0.3 is 20.6 Å². The van der Waals surface area contributed by atoms with Crippen molar-refractivity contribution in [3.63, 3.8) is 0 Å². The number of amides is 1. The van der Waals surface area contributed by atoms with Gasteiger partial charge in [0.2, 0.25) is 5.91 Å². The van der Waals surface area contributed by atoms with Crippen LogP contribution in [-0.2, 0) is 4.79 Å². The van der Waals surface area contributed by atoms with Gasteiger partial charge in [0.25, 0.3) is 0 Å². The maximum absolute atomic E-state index is 12.5. The highest BCUT2D eigenvalue weighted by Crippen LogP contribution is 2.17. The molecule has 0 saturated carbocycles. The standard InChI is InChI=1S/C48H93NO4/c1-3-5-7-9-11-13-15-17-19-20-21-22-23-24-25-26-27-28-29-31-33-35-37-39-41-43-47(52)48(53)49-45(44-50)46(51)42-40-38-36-34-32-30-18-16-14-12-10-8-6-4-2/h32,34,40,42,45-47,50-52H,3-31,33,35-39,41,43-44H2,1-2H3,(H,49,53)/b34-32+,42-40+. The third-order valence-electron chi connectivity index (χ3n) is 11.0. The van der Waals surface area contributed by atoms with Gasteiger partial charge in [-0.05, 0) is 32.1 Å². The first-order valence-corrected chi connectivity index (χ1v) is 23.7. The minimum atomic E-state index is -1.10. The van der Waals surface area contributed by atoms with Crippen LogP contribution in [0.15, 0.2) is 24.3 Å². The smallest absolute Gasteiger partial charge is 0.249 e. The van der Waals surface area contributed by atoms with E-state index in [9.17, 15) is 20.1 Å². The van der Waals surface area contributed by atoms with Crippen LogP contribution in [0, 0.1) is 0 Å². The van der Waals surface area contributed by atoms with Gasteiger partial charge in [0.1, 0.15) is 6.10 Å². The molecular weight excluding hydrogens is 655 g/mol. The van der Waals surface area contributed by atoms with Gasteiger partial charge in [-0.15, -0.1) is 0 Å². The van der Waals surface area contributed by atoms with E-state index < -0.39 is 24.2 Å². The average Bonchev–Trinajstić information content (AvgIpc) is 3.16. The van der Waals surface area contributed by atoms with Gasteiger partial charge in [0.15, 0.2) is 0 Å². The Morgan fingerprint density at radius 2 is 0.774 bits per heavy atom. The Morgan fingerprint density at radius 3 is 1.15 bits per heavy atom. The number of aliphatic hydroxyl groups excluding tert-OH is 3. The SMILES string of the molecule is CCCCCCCCCC/C=C/CC/C=C/C(O)C(CO)NC(=O)C(O)CCCCCCCCCCCCCCCCCCCCCCCCCCC. The summed E-state index contributed by atoms with van der Waals surface area (Å²) in [6.07, 6.45) is 53.7. The summed E-state index contributed by atoms with van der Waals surface area (Å²) in [6.45, 7) is 4.18. The summed E-state index contributed by atoms with van der Waals surface area (Å²) >= 11 is 0. The van der Waals surface area contributed by atoms with Crippen molar-refractivity contribution in [1.82, 2.24) is 5.32 Å². The summed E-state index contributed by atoms with van der Waals surface area (Å²) in [7, 11) is 0. The molecular formula is C48H93NO4. The quantitative estimate of drug-likeness (QED) is 0.0369. The van der Waals surface area contributed by atoms with Crippen LogP contribution in [0.5, 0.6) is 0 Å². The summed E-state index contributed by atoms with van der Waals surface area (Å²) in [5, 5.41) is 33.1. The lowest BCUT2D eigenvalue weighted by Gasteiger charge is -2.21. The predicted molar refractivity (Wildman–Crippen MR) is 231 cm³/mol. The van der Waals surface area contributed by atoms with E-state index in [-0.39, 0.29) is 6.61 Å². The Balaban J connectivity index is 3.59. The van der Waals surface area contributed by atoms with Crippen molar-refractivity contribution in [2.45, 2.75) is 270 Å². The lowest BCUT2D eigenvalue weighted by molar-refractivity contribution is -0.131. The molecule has 0 aromatic carbocycles. The molecule has 0 aliphatic rings. The second-order valence-corrected chi connectivity index (χ2v) is 16.3. The maximum Gasteiger partial charge on any atom is 0.249 e. The maximum atomic E-state index is 12.5. The van der Waals surface area contributed by atoms with Crippen LogP contribution < -0.4 is 5.32 Å². The summed E-state index contributed by atoms with van der Waals surface area (Å²) in [5.74, 6) is -0.510. The molecule has 4 N–H and O–H groups in total. The highest BCUT2D eigenvalue weighted by Gasteiger charge is 2.22. The fraction of sp³-hybridized carbons (Fsp3) is 0.896. The number of aliphatic hydroxyl groups is 3. The molecule has 0 bridgehead atoms. The lowest BCUT2D eigenvalue weighted by atomic mass is 10.0. The summed E-state index contributed by atoms with van der Waals surface area (Å²) in [4.78, 5) is 12.5. The van der Waals surface area contributed by atoms with Crippen molar-refractivity contribution in [3.8, 4) is 0 Å². The van der Waals surface area contributed by atoms with Crippen molar-refractivity contribution in [2.75, 3.05) is 6.61 Å². The summed E-state index contributed by atoms with van der Waals surface area (Å²) in [6, 6.07) is -0.810. The van der Waals surface area contributed by atoms with Gasteiger partial charge in [0.05, 0.1) is 18.8 Å². The van der Waals surface area contributed by atoms with E-state index in [1.54, 1.807) is 6.08 Å². The largest absolute Gasteiger partial charge is 0.394 e. The van der Waals surface area contributed by atoms with Gasteiger partial charge >= 0.3 is 0 Å². The van der Waals surface area contributed by atoms with Crippen molar-refractivity contribution in [2.24, 2.45) is 0 Å². The number of carbonyl (C=O) groups is 1. The average molecular weight is 748 g/mol. The fourth-order valence-corrected chi connectivity index (χ4v) is 7.32. The first-order valence-electron chi connectivity index (χ1n) is 23.7. The summed E-state index contributed by atoms with van der Waals surface area (Å²) < 4.78 is 0. The van der Waals surface area contributed by atoms with E-state index in [1.165, 1.54) is 193 Å². The Labute approximate surface area is 331 Å². The fourth-order valence-electron chi connectivity index (χ4n) is 7.32. The topological polar surface area (TPSA) is 89.8 Å². The number of unbranched alkanes of at least 4 members (excludes halogenated alkanes) is 33. The molecule has 0 spiro atoms. The van der Waals surface area contributed by atoms with E-state index in [1.807, 2.05) is 6.08 Å². The highest BCUT2D eigenvalue weighted by molar-refractivity contribution is 5.80. The van der Waals surface area contributed by atoms with E-state index >= 15 is 0 Å². The van der Waals surface area contributed by atoms with E-state index in [4.69, 9.17) is 0 Å². The van der Waals surface area contributed by atoms with E-state index in [0.29, 0.717) is 6.42 Å². The molecule has 0 saturated heterocycles. The van der Waals surface area contributed by atoms with Crippen LogP contribution >= 0.6 is 0 Å². The molecule has 3 unspecified atom stereocenters. The van der Waals surface area contributed by atoms with Crippen LogP contribution in [-0.4, -0.2) is 46.1 Å². The molecule has 5 nitrogen and oxygen atoms in total. The van der Waals surface area contributed by atoms with Gasteiger partial charge in [-0.2, -0.15) is 0 Å². The lowest BCUT2D eigenvalue weighted by Crippen LogP contribution is -2.48. The van der Waals surface area contributed by atoms with Crippen molar-refractivity contribution >= 4 is 5.91 Å². The molecule has 0 rings (SSSR count). The van der Waals surface area contributed by atoms with E-state index in [2.05, 4.69) is 31.3 Å². The minimum absolute atomic E-state index is 0.373. The number of carbonyl (C=O) groups excluding carboxylic acids is 1. The third-order valence-corrected chi connectivity index (χ3v) is 11.0. The molecule has 0 aliphatic carbocycles. The number of nitrogens with one attached hydrogen (secondary N) is 1. The molecule has 314 valence electrons. The normalized spacial score (nSPS) is 13.7. The zero-order chi connectivity index (χ0) is 38.7. The number of hydrogen-bond donors (Lipinski definition) is 4. The number of allylic oxidation sites excluding steroid dienone is 3. The molecule has 5 heteroatoms. The second-order valence-electron chi connectivity index (χ2n) is 16.3. The zero-order valence-electron chi connectivity index (χ0n) is 35.7. The van der Waals surface area contributed by atoms with E-state index in [0.717, 1.165) is 38.5 Å². The third kappa shape index (κ3) is 38.9. The van der Waals surface area contributed by atoms with Crippen LogP contribution in [0.25, 0.3) is 0 Å². The molecule has 0 aliphatic heterocycles. The Hall–Kier alpha value is -1.17. The van der Waals surface area contributed by atoms with Crippen molar-refractivity contribution in [1.29, 1.82) is 0 Å². The highest BCUT2D eigenvalue weighted by atomic mass is 16.3. The van der Waals surface area contributed by atoms with Crippen LogP contribution in [0.2, 0.25) is 0 Å². The Bertz CT molecular complexity index is 784. The van der Waals surface area contributed by atoms with Gasteiger partial charge in [-0.25, -0.2) is 0 Å². The first kappa shape index (κ1) is 51.8. The molecule has 3 atom stereocenters. The molecule has 0 fully saturated rings. The van der Waals surface area contributed by atoms with Gasteiger partial charge in [-0.1, -0.05) is 244 Å². The molecule has 1 amide bonds. The second kappa shape index (κ2) is 43.6. The van der Waals surface area contributed by atoms with Crippen LogP contribution in [0.4, 0.5) is 0 Å². The predicted octanol–water partition coefficient (Wildman–Crippen LogP) is 13.8. The van der Waals surface area contributed by atoms with Gasteiger partial charge in [-0.3, -0.25) is 4.79 Å². The minimum Gasteiger partial charge on any atom is -0.394 e. The first-order chi connectivity index (χ1) is 26.1. The van der Waals surface area contributed by atoms with Crippen molar-refractivity contribution < 1.29 is 20.1 Å². The molecule has 0 aromatic heterocycles. The van der Waals surface area contributed by atoms with Gasteiger partial charge in [0, 0.05) is 0 Å². The zero-order valence-corrected chi connectivity index (χ0v) is 35.7. The molecule has 0 radical (unpaired) electrons. The number of hydrogen-bond acceptors (Lipinski definition) is 4. The molecule has 53 heavy (non-hydrogen) atoms. The monoisotopic (exact) mass is 748 g/mol. The van der Waals surface area contributed by atoms with Crippen LogP contribution in [0.3, 0.4) is 0 Å². The molecule has 0 heterocycles. The van der Waals surface area contributed by atoms with Crippen LogP contribution in [0.1, 0.15) is 251 Å². The van der Waals surface area contributed by atoms with Crippen molar-refractivity contribution in [3.05, 3.63) is 24.3 Å². The Morgan fingerprint density at radius 1 is 0.453 bits per heavy atom.